The van der Waals surface area contributed by atoms with E-state index in [1.165, 1.54) is 5.40 Å². The van der Waals surface area contributed by atoms with Crippen LogP contribution in [0, 0.1) is 10.7 Å². The number of thiol groups is 1. The second-order valence-electron chi connectivity index (χ2n) is 0.100. The molecule has 0 rings (SSSR count). The second kappa shape index (κ2) is 17.6. The van der Waals surface area contributed by atoms with Crippen molar-refractivity contribution in [2.45, 2.75) is 0 Å². The minimum atomic E-state index is 0. The molecule has 0 aliphatic heterocycles. The summed E-state index contributed by atoms with van der Waals surface area (Å²) >= 11 is 3.09. The fraction of sp³-hybridized carbons (Fsp3) is 0. The molecule has 5 heavy (non-hydrogen) atoms. The third-order valence-corrected chi connectivity index (χ3v) is 0. The molecule has 0 bridgehead atoms. The third-order valence-electron chi connectivity index (χ3n) is 0. The summed E-state index contributed by atoms with van der Waals surface area (Å²) in [5, 5.41) is 8.63. The number of nitrogens with zero attached hydrogens (tertiary/aromatic N) is 1. The monoisotopic (exact) mass is 190 g/mol. The van der Waals surface area contributed by atoms with Crippen molar-refractivity contribution >= 4 is 42.2 Å². The minimum absolute atomic E-state index is 0. The fourth-order valence-corrected chi connectivity index (χ4v) is 0. The van der Waals surface area contributed by atoms with Gasteiger partial charge in [0, 0.05) is 22.4 Å². The first-order valence-electron chi connectivity index (χ1n) is 0.447. The Labute approximate surface area is 74.3 Å². The molecule has 0 aliphatic carbocycles. The summed E-state index contributed by atoms with van der Waals surface area (Å²) in [6.45, 7) is 0. The van der Waals surface area contributed by atoms with Gasteiger partial charge in [-0.25, -0.2) is 0 Å². The Morgan fingerprint density at radius 3 is 1.60 bits per heavy atom. The Kier molecular flexibility index (Phi) is 56.2. The molecule has 0 N–H and O–H groups in total. The van der Waals surface area contributed by atoms with Crippen molar-refractivity contribution in [2.24, 2.45) is 0 Å². The van der Waals surface area contributed by atoms with Crippen molar-refractivity contribution in [3.63, 3.8) is 0 Å². The van der Waals surface area contributed by atoms with Gasteiger partial charge in [-0.1, -0.05) is 12.6 Å². The van der Waals surface area contributed by atoms with Gasteiger partial charge in [-0.15, -0.1) is 0 Å². The number of nitriles is 1. The van der Waals surface area contributed by atoms with Crippen molar-refractivity contribution in [3.8, 4) is 5.40 Å². The van der Waals surface area contributed by atoms with Crippen LogP contribution in [-0.4, -0.2) is 29.6 Å². The number of hydrogen-bond acceptors (Lipinski definition) is 2. The van der Waals surface area contributed by atoms with Gasteiger partial charge in [-0.05, 0) is 0 Å². The Hall–Kier alpha value is 1.58. The van der Waals surface area contributed by atoms with Gasteiger partial charge in [0.05, 0.1) is 0 Å². The van der Waals surface area contributed by atoms with Gasteiger partial charge in [-0.2, -0.15) is 5.26 Å². The van der Waals surface area contributed by atoms with E-state index < -0.39 is 0 Å². The summed E-state index contributed by atoms with van der Waals surface area (Å²) < 4.78 is 0. The van der Waals surface area contributed by atoms with E-state index in [-0.39, 0.29) is 51.9 Å². The van der Waals surface area contributed by atoms with Crippen molar-refractivity contribution < 1.29 is 22.4 Å². The van der Waals surface area contributed by atoms with E-state index in [4.69, 9.17) is 5.26 Å². The first-order valence-corrected chi connectivity index (χ1v) is 0.894. The Bertz CT molecular complexity index is 33.1. The van der Waals surface area contributed by atoms with Gasteiger partial charge in [-0.3, -0.25) is 0 Å². The molecule has 0 spiro atoms. The molecule has 0 aliphatic rings. The van der Waals surface area contributed by atoms with Crippen LogP contribution in [0.1, 0.15) is 0 Å². The summed E-state index contributed by atoms with van der Waals surface area (Å²) in [5.41, 5.74) is 0. The summed E-state index contributed by atoms with van der Waals surface area (Å²) in [7, 11) is 0. The Morgan fingerprint density at radius 2 is 1.60 bits per heavy atom. The maximum absolute atomic E-state index is 7.18. The van der Waals surface area contributed by atoms with E-state index in [2.05, 4.69) is 12.6 Å². The van der Waals surface area contributed by atoms with E-state index in [0.717, 1.165) is 0 Å². The van der Waals surface area contributed by atoms with Crippen LogP contribution in [0.15, 0.2) is 0 Å². The van der Waals surface area contributed by atoms with E-state index in [9.17, 15) is 0 Å². The molecule has 0 aromatic rings. The van der Waals surface area contributed by atoms with Crippen LogP contribution in [0.4, 0.5) is 0 Å². The van der Waals surface area contributed by atoms with Crippen LogP contribution in [-0.2, 0) is 22.4 Å². The second-order valence-corrected chi connectivity index (χ2v) is 0.300. The van der Waals surface area contributed by atoms with Crippen molar-refractivity contribution in [1.29, 1.82) is 5.26 Å². The molecule has 4 heteroatoms. The molecule has 1 radical (unpaired) electrons. The van der Waals surface area contributed by atoms with E-state index in [1.807, 2.05) is 0 Å². The molecule has 0 saturated heterocycles. The normalized spacial score (nSPS) is 1.60. The quantitative estimate of drug-likeness (QED) is 0.318. The summed E-state index contributed by atoms with van der Waals surface area (Å²) in [4.78, 5) is 0. The molecule has 0 fully saturated rings. The molecule has 0 atom stereocenters. The average Bonchev–Trinajstić information content (AvgIpc) is 0.918. The standard InChI is InChI=1S/CHNS.Ag.Na.H/c2-1-3;;;/h3H;;;. The van der Waals surface area contributed by atoms with Crippen molar-refractivity contribution in [3.05, 3.63) is 0 Å². The Balaban J connectivity index is -0.0000000200. The molecule has 0 aromatic heterocycles. The summed E-state index contributed by atoms with van der Waals surface area (Å²) in [6, 6.07) is 0. The van der Waals surface area contributed by atoms with Crippen LogP contribution >= 0.6 is 12.6 Å². The first kappa shape index (κ1) is 16.0. The zero-order valence-corrected chi connectivity index (χ0v) is 4.07. The first-order chi connectivity index (χ1) is 1.41. The predicted molar refractivity (Wildman–Crippen MR) is 21.7 cm³/mol. The molecule has 0 aromatic carbocycles. The van der Waals surface area contributed by atoms with E-state index in [0.29, 0.717) is 0 Å². The molecule has 29 valence electrons. The van der Waals surface area contributed by atoms with Crippen LogP contribution in [0.5, 0.6) is 0 Å². The van der Waals surface area contributed by atoms with Gasteiger partial charge in [0.2, 0.25) is 0 Å². The number of rotatable bonds is 0. The van der Waals surface area contributed by atoms with E-state index in [1.54, 1.807) is 0 Å². The van der Waals surface area contributed by atoms with Crippen LogP contribution in [0.3, 0.4) is 0 Å². The number of hydrogen-bond donors (Lipinski definition) is 1. The van der Waals surface area contributed by atoms with Gasteiger partial charge < -0.3 is 0 Å². The van der Waals surface area contributed by atoms with E-state index >= 15 is 0 Å². The number of thiocyanates is 1. The van der Waals surface area contributed by atoms with Crippen LogP contribution in [0.2, 0.25) is 0 Å². The maximum atomic E-state index is 7.18. The van der Waals surface area contributed by atoms with Gasteiger partial charge in [0.1, 0.15) is 5.40 Å². The van der Waals surface area contributed by atoms with Gasteiger partial charge in [0.15, 0.2) is 0 Å². The van der Waals surface area contributed by atoms with Crippen molar-refractivity contribution in [2.75, 3.05) is 0 Å². The predicted octanol–water partition coefficient (Wildman–Crippen LogP) is -0.254. The van der Waals surface area contributed by atoms with Crippen LogP contribution in [0.25, 0.3) is 0 Å². The van der Waals surface area contributed by atoms with Gasteiger partial charge >= 0.3 is 29.6 Å². The zero-order chi connectivity index (χ0) is 2.71. The molecule has 0 amide bonds. The molecule has 0 saturated carbocycles. The molecule has 0 heterocycles. The molecular weight excluding hydrogens is 189 g/mol. The topological polar surface area (TPSA) is 23.8 Å². The zero-order valence-electron chi connectivity index (χ0n) is 1.70. The SMILES string of the molecule is N#CS.[Ag].[NaH]. The average molecular weight is 191 g/mol. The molecular formula is CH2AgNNaS. The van der Waals surface area contributed by atoms with Gasteiger partial charge in [0.25, 0.3) is 0 Å². The molecule has 1 nitrogen and oxygen atoms in total. The third kappa shape index (κ3) is 28.6. The Morgan fingerprint density at radius 1 is 1.60 bits per heavy atom. The fourth-order valence-electron chi connectivity index (χ4n) is 0. The summed E-state index contributed by atoms with van der Waals surface area (Å²) in [5.74, 6) is 0. The summed E-state index contributed by atoms with van der Waals surface area (Å²) in [6.07, 6.45) is 0. The van der Waals surface area contributed by atoms with Crippen molar-refractivity contribution in [1.82, 2.24) is 0 Å². The molecule has 0 unspecified atom stereocenters. The van der Waals surface area contributed by atoms with Crippen LogP contribution < -0.4 is 0 Å².